The first kappa shape index (κ1) is 43.8. The van der Waals surface area contributed by atoms with Crippen molar-refractivity contribution in [1.82, 2.24) is 18.9 Å². The predicted molar refractivity (Wildman–Crippen MR) is 240 cm³/mol. The molecule has 0 aromatic heterocycles. The normalized spacial score (nSPS) is 20.3. The van der Waals surface area contributed by atoms with Crippen LogP contribution in [0.15, 0.2) is 187 Å². The molecule has 15 nitrogen and oxygen atoms in total. The monoisotopic (exact) mass is 911 g/mol. The van der Waals surface area contributed by atoms with Crippen LogP contribution in [0.5, 0.6) is 34.5 Å². The Morgan fingerprint density at radius 3 is 1.17 bits per heavy atom. The van der Waals surface area contributed by atoms with Crippen molar-refractivity contribution in [3.05, 3.63) is 182 Å². The fraction of sp³-hybridized carbons (Fsp3) is 0.100. The van der Waals surface area contributed by atoms with Crippen molar-refractivity contribution in [1.29, 1.82) is 0 Å². The first-order chi connectivity index (χ1) is 29.3. The Labute approximate surface area is 353 Å². The summed E-state index contributed by atoms with van der Waals surface area (Å²) < 4.78 is 65.0. The van der Waals surface area contributed by atoms with Crippen LogP contribution in [0.4, 0.5) is 0 Å². The van der Waals surface area contributed by atoms with Crippen molar-refractivity contribution in [2.45, 2.75) is 0 Å². The van der Waals surface area contributed by atoms with E-state index < -0.39 is 40.6 Å². The van der Waals surface area contributed by atoms with E-state index in [-0.39, 0.29) is 11.5 Å². The van der Waals surface area contributed by atoms with Crippen LogP contribution in [-0.2, 0) is 18.7 Å². The zero-order valence-corrected chi connectivity index (χ0v) is 37.8. The van der Waals surface area contributed by atoms with Gasteiger partial charge < -0.3 is 0 Å². The van der Waals surface area contributed by atoms with Gasteiger partial charge in [-0.15, -0.1) is 0 Å². The van der Waals surface area contributed by atoms with Gasteiger partial charge >= 0.3 is 355 Å². The second-order valence-electron chi connectivity index (χ2n) is 12.4. The second kappa shape index (κ2) is 19.2. The van der Waals surface area contributed by atoms with Gasteiger partial charge in [0.1, 0.15) is 0 Å². The first-order valence-electron chi connectivity index (χ1n) is 18.3. The number of nitrogens with one attached hydrogen (secondary N) is 2. The van der Waals surface area contributed by atoms with Gasteiger partial charge in [0, 0.05) is 0 Å². The Balaban J connectivity index is 1.68. The van der Waals surface area contributed by atoms with Crippen molar-refractivity contribution in [2.24, 2.45) is 4.52 Å². The van der Waals surface area contributed by atoms with E-state index in [0.29, 0.717) is 23.0 Å². The number of hydrogen-bond acceptors (Lipinski definition) is 15. The molecule has 0 amide bonds. The second-order valence-corrected chi connectivity index (χ2v) is 23.7. The summed E-state index contributed by atoms with van der Waals surface area (Å²) in [5.41, 5.74) is 0. The molecule has 0 bridgehead atoms. The third kappa shape index (κ3) is 8.75. The van der Waals surface area contributed by atoms with Gasteiger partial charge in [0.25, 0.3) is 0 Å². The molecule has 1 aliphatic rings. The predicted octanol–water partition coefficient (Wildman–Crippen LogP) is 11.9. The van der Waals surface area contributed by atoms with Gasteiger partial charge in [-0.25, -0.2) is 0 Å². The Hall–Kier alpha value is -4.25. The van der Waals surface area contributed by atoms with Crippen LogP contribution in [0, 0.1) is 0 Å². The number of para-hydroxylation sites is 6. The van der Waals surface area contributed by atoms with Gasteiger partial charge in [-0.1, -0.05) is 0 Å². The molecule has 316 valence electrons. The van der Waals surface area contributed by atoms with Gasteiger partial charge in [0.05, 0.1) is 0 Å². The topological polar surface area (TPSA) is 135 Å². The molecular weight excluding hydrogens is 865 g/mol. The Bertz CT molecular complexity index is 2190. The van der Waals surface area contributed by atoms with Crippen LogP contribution in [0.3, 0.4) is 0 Å². The first-order valence-corrected chi connectivity index (χ1v) is 25.7. The summed E-state index contributed by atoms with van der Waals surface area (Å²) in [7, 11) is -11.2. The third-order valence-electron chi connectivity index (χ3n) is 8.55. The van der Waals surface area contributed by atoms with E-state index in [1.54, 1.807) is 97.1 Å². The van der Waals surface area contributed by atoms with Crippen molar-refractivity contribution in [3.63, 3.8) is 0 Å². The maximum absolute atomic E-state index is 7.45. The molecule has 20 heteroatoms. The van der Waals surface area contributed by atoms with Crippen molar-refractivity contribution in [3.8, 4) is 34.5 Å². The fourth-order valence-corrected chi connectivity index (χ4v) is 22.4. The minimum atomic E-state index is -6.10. The van der Waals surface area contributed by atoms with Gasteiger partial charge in [0.15, 0.2) is 0 Å². The number of hydrogen-bond donors (Lipinski definition) is 2. The van der Waals surface area contributed by atoms with Gasteiger partial charge in [-0.3, -0.25) is 0 Å². The molecule has 1 heterocycles. The summed E-state index contributed by atoms with van der Waals surface area (Å²) >= 11 is 0. The van der Waals surface area contributed by atoms with E-state index in [4.69, 9.17) is 50.4 Å². The van der Waals surface area contributed by atoms with E-state index in [9.17, 15) is 0 Å². The Kier molecular flexibility index (Phi) is 14.0. The van der Waals surface area contributed by atoms with Crippen molar-refractivity contribution >= 4 is 40.6 Å². The molecule has 0 radical (unpaired) electrons. The van der Waals surface area contributed by atoms with E-state index in [1.807, 2.05) is 84.9 Å². The molecule has 6 aromatic carbocycles. The van der Waals surface area contributed by atoms with Crippen LogP contribution in [0.1, 0.15) is 0 Å². The minimum absolute atomic E-state index is 0.238. The van der Waals surface area contributed by atoms with Crippen molar-refractivity contribution in [2.75, 3.05) is 28.4 Å². The molecule has 2 N–H and O–H groups in total. The van der Waals surface area contributed by atoms with E-state index in [0.717, 1.165) is 0 Å². The standard InChI is InChI=1S/C40H46N5O10P5/c1-46-44-58(50-35-23-11-5-12-24-35,51-36-25-13-6-14-26-36)42-56-41-57-43-59(48-3,52-37-27-15-7-16-28-37,53-38-29-17-8-18-30-38)45(47-2)60(44,49-4,54-39-31-19-9-20-32-39)55-40-33-21-10-22-34-40/h5-34,41,43,56-57H,1-4H3. The summed E-state index contributed by atoms with van der Waals surface area (Å²) in [5, 5.41) is 0. The maximum atomic E-state index is 7.45. The van der Waals surface area contributed by atoms with E-state index in [1.165, 1.54) is 37.6 Å². The molecule has 2 unspecified atom stereocenters. The van der Waals surface area contributed by atoms with Gasteiger partial charge in [-0.05, 0) is 0 Å². The van der Waals surface area contributed by atoms with E-state index in [2.05, 4.69) is 9.72 Å². The van der Waals surface area contributed by atoms with Crippen LogP contribution in [-0.4, -0.2) is 37.6 Å². The van der Waals surface area contributed by atoms with Gasteiger partial charge in [0.2, 0.25) is 0 Å². The molecule has 1 aliphatic heterocycles. The van der Waals surface area contributed by atoms with Crippen LogP contribution in [0.2, 0.25) is 0 Å². The van der Waals surface area contributed by atoms with Gasteiger partial charge in [-0.2, -0.15) is 0 Å². The summed E-state index contributed by atoms with van der Waals surface area (Å²) in [6.45, 7) is 0. The van der Waals surface area contributed by atoms with Crippen molar-refractivity contribution < 1.29 is 45.9 Å². The summed E-state index contributed by atoms with van der Waals surface area (Å²) in [6.07, 6.45) is 0. The number of rotatable bonds is 16. The molecule has 0 spiro atoms. The van der Waals surface area contributed by atoms with E-state index >= 15 is 0 Å². The molecule has 7 rings (SSSR count). The quantitative estimate of drug-likeness (QED) is 0.0892. The van der Waals surface area contributed by atoms with Crippen LogP contribution < -0.4 is 36.9 Å². The molecular formula is C40H46N5O10P5. The van der Waals surface area contributed by atoms with Crippen LogP contribution >= 0.6 is 40.6 Å². The zero-order valence-electron chi connectivity index (χ0n) is 33.1. The summed E-state index contributed by atoms with van der Waals surface area (Å²) in [4.78, 5) is 20.2. The molecule has 2 atom stereocenters. The summed E-state index contributed by atoms with van der Waals surface area (Å²) in [5.74, 6) is 1.85. The average Bonchev–Trinajstić information content (AvgIpc) is 3.28. The SMILES string of the molecule is CON1P(Oc2ccccc2)(Oc2ccccc2)=NPNPNP(OC)(Oc2ccccc2)(Oc2ccccc2)N(OC)P1(OC)(Oc1ccccc1)Oc1ccccc1. The molecule has 0 saturated heterocycles. The van der Waals surface area contributed by atoms with Crippen LogP contribution in [0.25, 0.3) is 0 Å². The summed E-state index contributed by atoms with van der Waals surface area (Å²) in [6, 6.07) is 53.9. The third-order valence-corrected chi connectivity index (χ3v) is 23.3. The fourth-order valence-electron chi connectivity index (χ4n) is 6.07. The molecule has 0 aliphatic carbocycles. The number of benzene rings is 6. The molecule has 0 saturated carbocycles. The number of nitrogens with zero attached hydrogens (tertiary/aromatic N) is 3. The molecule has 0 fully saturated rings. The Morgan fingerprint density at radius 1 is 0.467 bits per heavy atom. The average molecular weight is 912 g/mol. The zero-order chi connectivity index (χ0) is 41.8. The molecule has 60 heavy (non-hydrogen) atoms. The Morgan fingerprint density at radius 2 is 0.833 bits per heavy atom. The molecule has 6 aromatic rings.